The maximum absolute atomic E-state index is 13.5. The van der Waals surface area contributed by atoms with Crippen molar-refractivity contribution in [3.8, 4) is 5.75 Å². The smallest absolute Gasteiger partial charge is 0.258 e. The lowest BCUT2D eigenvalue weighted by Gasteiger charge is -2.39. The Hall–Kier alpha value is -2.35. The van der Waals surface area contributed by atoms with Crippen molar-refractivity contribution in [2.75, 3.05) is 6.61 Å². The Morgan fingerprint density at radius 3 is 2.74 bits per heavy atom. The largest absolute Gasteiger partial charge is 0.484 e. The van der Waals surface area contributed by atoms with E-state index in [1.807, 2.05) is 0 Å². The van der Waals surface area contributed by atoms with Crippen LogP contribution in [0.2, 0.25) is 10.0 Å². The fourth-order valence-corrected chi connectivity index (χ4v) is 5.44. The van der Waals surface area contributed by atoms with E-state index in [1.165, 1.54) is 17.0 Å². The maximum atomic E-state index is 13.5. The number of ether oxygens (including phenoxy) is 1. The molecule has 6 rings (SSSR count). The second kappa shape index (κ2) is 7.36. The molecule has 0 spiro atoms. The van der Waals surface area contributed by atoms with Crippen molar-refractivity contribution in [1.82, 2.24) is 10.2 Å². The minimum absolute atomic E-state index is 0.0173. The normalized spacial score (nSPS) is 28.3. The van der Waals surface area contributed by atoms with Gasteiger partial charge in [-0.1, -0.05) is 29.3 Å². The Morgan fingerprint density at radius 2 is 2.00 bits per heavy atom. The number of nitrogens with one attached hydrogen (secondary N) is 1. The molecule has 2 atom stereocenters. The van der Waals surface area contributed by atoms with Crippen LogP contribution in [0.3, 0.4) is 0 Å². The predicted molar refractivity (Wildman–Crippen MR) is 111 cm³/mol. The molecule has 2 N–H and O–H groups in total. The fourth-order valence-electron chi connectivity index (χ4n) is 5.15. The van der Waals surface area contributed by atoms with Crippen molar-refractivity contribution in [3.05, 3.63) is 63.4 Å². The summed E-state index contributed by atoms with van der Waals surface area (Å²) in [5, 5.41) is 14.2. The third-order valence-corrected chi connectivity index (χ3v) is 7.04. The summed E-state index contributed by atoms with van der Waals surface area (Å²) < 4.78 is 18.9. The fraction of sp³-hybridized carbons (Fsp3) is 0.364. The predicted octanol–water partition coefficient (Wildman–Crippen LogP) is 3.70. The monoisotopic (exact) mass is 464 g/mol. The standard InChI is InChI=1S/C22H19Cl2FN2O4/c23-12-1-3-14-15(5-12)21(30)27(20(14)29)18-9-22(7-11(18)8-22)26-19(28)10-31-13-2-4-16(24)17(25)6-13/h1-6,11,18,20,29H,7-10H2,(H,26,28)/t11?,18?,20-,22?/m0/s1. The first-order valence-corrected chi connectivity index (χ1v) is 10.7. The van der Waals surface area contributed by atoms with Gasteiger partial charge in [0.05, 0.1) is 5.02 Å². The SMILES string of the molecule is O=C(COc1ccc(Cl)c(F)c1)NC12CC(C1)C(N1C(=O)c3cc(Cl)ccc3[C@@H]1O)C2. The number of rotatable bonds is 5. The van der Waals surface area contributed by atoms with Crippen molar-refractivity contribution in [1.29, 1.82) is 0 Å². The zero-order valence-corrected chi connectivity index (χ0v) is 17.8. The summed E-state index contributed by atoms with van der Waals surface area (Å²) in [5.41, 5.74) is 0.555. The van der Waals surface area contributed by atoms with Gasteiger partial charge in [-0.05, 0) is 49.4 Å². The molecule has 0 aromatic heterocycles. The number of carbonyl (C=O) groups excluding carboxylic acids is 2. The zero-order chi connectivity index (χ0) is 21.9. The molecule has 0 radical (unpaired) electrons. The van der Waals surface area contributed by atoms with E-state index in [4.69, 9.17) is 27.9 Å². The quantitative estimate of drug-likeness (QED) is 0.706. The highest BCUT2D eigenvalue weighted by atomic mass is 35.5. The molecule has 31 heavy (non-hydrogen) atoms. The van der Waals surface area contributed by atoms with Crippen LogP contribution in [-0.4, -0.2) is 40.0 Å². The Labute approximate surface area is 187 Å². The third-order valence-electron chi connectivity index (χ3n) is 6.49. The summed E-state index contributed by atoms with van der Waals surface area (Å²) in [7, 11) is 0. The maximum Gasteiger partial charge on any atom is 0.258 e. The number of hydrogen-bond donors (Lipinski definition) is 2. The molecule has 2 aromatic rings. The van der Waals surface area contributed by atoms with Gasteiger partial charge < -0.3 is 20.1 Å². The molecule has 1 aliphatic heterocycles. The number of fused-ring (bicyclic) bond motifs is 2. The van der Waals surface area contributed by atoms with Crippen LogP contribution in [0.15, 0.2) is 36.4 Å². The molecule has 2 amide bonds. The highest BCUT2D eigenvalue weighted by molar-refractivity contribution is 6.31. The minimum Gasteiger partial charge on any atom is -0.484 e. The van der Waals surface area contributed by atoms with E-state index in [0.29, 0.717) is 22.6 Å². The first-order chi connectivity index (χ1) is 14.8. The molecule has 4 aliphatic rings. The van der Waals surface area contributed by atoms with Crippen molar-refractivity contribution in [2.45, 2.75) is 37.1 Å². The molecule has 162 valence electrons. The Bertz CT molecular complexity index is 1090. The zero-order valence-electron chi connectivity index (χ0n) is 16.3. The third kappa shape index (κ3) is 3.45. The summed E-state index contributed by atoms with van der Waals surface area (Å²) in [6, 6.07) is 8.73. The van der Waals surface area contributed by atoms with Gasteiger partial charge in [0.2, 0.25) is 0 Å². The lowest BCUT2D eigenvalue weighted by Crippen LogP contribution is -2.53. The van der Waals surface area contributed by atoms with E-state index in [1.54, 1.807) is 18.2 Å². The van der Waals surface area contributed by atoms with Crippen LogP contribution >= 0.6 is 23.2 Å². The van der Waals surface area contributed by atoms with Crippen LogP contribution in [0, 0.1) is 11.7 Å². The summed E-state index contributed by atoms with van der Waals surface area (Å²) in [6.07, 6.45) is 1.00. The van der Waals surface area contributed by atoms with Crippen LogP contribution in [0.1, 0.15) is 41.4 Å². The van der Waals surface area contributed by atoms with Crippen LogP contribution in [0.4, 0.5) is 4.39 Å². The lowest BCUT2D eigenvalue weighted by molar-refractivity contribution is -0.125. The number of hydrogen-bond acceptors (Lipinski definition) is 4. The van der Waals surface area contributed by atoms with Crippen molar-refractivity contribution in [3.63, 3.8) is 0 Å². The molecule has 6 nitrogen and oxygen atoms in total. The molecular weight excluding hydrogens is 446 g/mol. The number of carbonyl (C=O) groups is 2. The van der Waals surface area contributed by atoms with Gasteiger partial charge >= 0.3 is 0 Å². The van der Waals surface area contributed by atoms with Crippen molar-refractivity contribution < 1.29 is 23.8 Å². The lowest BCUT2D eigenvalue weighted by atomic mass is 9.76. The molecule has 1 unspecified atom stereocenters. The van der Waals surface area contributed by atoms with E-state index >= 15 is 0 Å². The van der Waals surface area contributed by atoms with Gasteiger partial charge in [0.1, 0.15) is 11.6 Å². The molecular formula is C22H19Cl2FN2O4. The number of amides is 2. The molecule has 0 saturated heterocycles. The molecule has 9 heteroatoms. The number of halogens is 3. The van der Waals surface area contributed by atoms with E-state index in [-0.39, 0.29) is 41.2 Å². The topological polar surface area (TPSA) is 78.9 Å². The number of aliphatic hydroxyl groups excluding tert-OH is 1. The molecule has 2 aromatic carbocycles. The highest BCUT2D eigenvalue weighted by Crippen LogP contribution is 2.56. The number of nitrogens with zero attached hydrogens (tertiary/aromatic N) is 1. The van der Waals surface area contributed by atoms with Gasteiger partial charge in [0.15, 0.2) is 12.8 Å². The average Bonchev–Trinajstić information content (AvgIpc) is 3.30. The second-order valence-corrected chi connectivity index (χ2v) is 9.29. The first-order valence-electron chi connectivity index (χ1n) is 9.95. The van der Waals surface area contributed by atoms with E-state index in [0.717, 1.165) is 18.9 Å². The van der Waals surface area contributed by atoms with Gasteiger partial charge in [-0.25, -0.2) is 4.39 Å². The Balaban J connectivity index is 1.22. The van der Waals surface area contributed by atoms with Crippen LogP contribution in [0.25, 0.3) is 0 Å². The van der Waals surface area contributed by atoms with E-state index < -0.39 is 17.6 Å². The number of aliphatic hydroxyl groups is 1. The highest BCUT2D eigenvalue weighted by Gasteiger charge is 2.60. The van der Waals surface area contributed by atoms with E-state index in [9.17, 15) is 19.1 Å². The van der Waals surface area contributed by atoms with Gasteiger partial charge in [-0.15, -0.1) is 0 Å². The summed E-state index contributed by atoms with van der Waals surface area (Å²) in [6.45, 7) is -0.257. The van der Waals surface area contributed by atoms with Crippen molar-refractivity contribution in [2.24, 2.45) is 5.92 Å². The minimum atomic E-state index is -1.01. The Morgan fingerprint density at radius 1 is 1.23 bits per heavy atom. The van der Waals surface area contributed by atoms with Crippen LogP contribution in [0.5, 0.6) is 5.75 Å². The average molecular weight is 465 g/mol. The van der Waals surface area contributed by atoms with Gasteiger partial charge in [0.25, 0.3) is 11.8 Å². The molecule has 3 saturated carbocycles. The summed E-state index contributed by atoms with van der Waals surface area (Å²) >= 11 is 11.7. The second-order valence-electron chi connectivity index (χ2n) is 8.45. The van der Waals surface area contributed by atoms with Gasteiger partial charge in [-0.2, -0.15) is 0 Å². The first kappa shape index (κ1) is 20.5. The molecule has 2 bridgehead atoms. The van der Waals surface area contributed by atoms with Gasteiger partial charge in [0, 0.05) is 33.8 Å². The Kier molecular flexibility index (Phi) is 4.88. The van der Waals surface area contributed by atoms with Gasteiger partial charge in [-0.3, -0.25) is 9.59 Å². The van der Waals surface area contributed by atoms with E-state index in [2.05, 4.69) is 5.32 Å². The molecule has 3 fully saturated rings. The number of benzene rings is 2. The van der Waals surface area contributed by atoms with Crippen molar-refractivity contribution >= 4 is 35.0 Å². The summed E-state index contributed by atoms with van der Waals surface area (Å²) in [4.78, 5) is 26.8. The van der Waals surface area contributed by atoms with Crippen LogP contribution < -0.4 is 10.1 Å². The van der Waals surface area contributed by atoms with Crippen LogP contribution in [-0.2, 0) is 4.79 Å². The molecule has 3 aliphatic carbocycles. The molecule has 1 heterocycles. The summed E-state index contributed by atoms with van der Waals surface area (Å²) in [5.74, 6) is -0.757.